The van der Waals surface area contributed by atoms with Crippen molar-refractivity contribution in [3.8, 4) is 0 Å². The van der Waals surface area contributed by atoms with Gasteiger partial charge in [-0.05, 0) is 25.8 Å². The van der Waals surface area contributed by atoms with E-state index in [-0.39, 0.29) is 6.04 Å². The largest absolute Gasteiger partial charge is 0.405 e. The minimum absolute atomic E-state index is 0.242. The second kappa shape index (κ2) is 7.67. The molecule has 30 heavy (non-hydrogen) atoms. The van der Waals surface area contributed by atoms with Crippen molar-refractivity contribution < 1.29 is 23.1 Å². The fourth-order valence-corrected chi connectivity index (χ4v) is 3.76. The summed E-state index contributed by atoms with van der Waals surface area (Å²) >= 11 is 0. The van der Waals surface area contributed by atoms with E-state index in [2.05, 4.69) is 20.3 Å². The van der Waals surface area contributed by atoms with Gasteiger partial charge in [-0.1, -0.05) is 0 Å². The van der Waals surface area contributed by atoms with Crippen LogP contribution < -0.4 is 15.6 Å². The molecule has 3 aromatic heterocycles. The maximum Gasteiger partial charge on any atom is 0.405 e. The number of urea groups is 1. The number of rotatable bonds is 4. The number of piperidine rings is 1. The molecule has 4 heterocycles. The average Bonchev–Trinajstić information content (AvgIpc) is 3.30. The van der Waals surface area contributed by atoms with Crippen LogP contribution in [-0.2, 0) is 0 Å². The van der Waals surface area contributed by atoms with Crippen LogP contribution in [0.3, 0.4) is 0 Å². The van der Waals surface area contributed by atoms with Crippen molar-refractivity contribution in [2.45, 2.75) is 38.1 Å². The predicted octanol–water partition coefficient (Wildman–Crippen LogP) is 1.93. The van der Waals surface area contributed by atoms with Crippen molar-refractivity contribution in [2.24, 2.45) is 0 Å². The number of fused-ring (bicyclic) bond motifs is 3. The first-order valence-corrected chi connectivity index (χ1v) is 9.62. The van der Waals surface area contributed by atoms with Gasteiger partial charge >= 0.3 is 12.2 Å². The van der Waals surface area contributed by atoms with E-state index in [1.807, 2.05) is 21.1 Å². The molecule has 0 aromatic carbocycles. The monoisotopic (exact) mass is 425 g/mol. The van der Waals surface area contributed by atoms with Gasteiger partial charge in [0.2, 0.25) is 0 Å². The summed E-state index contributed by atoms with van der Waals surface area (Å²) < 4.78 is 38.6. The lowest BCUT2D eigenvalue weighted by atomic mass is 10.1. The van der Waals surface area contributed by atoms with Crippen molar-refractivity contribution in [1.29, 1.82) is 0 Å². The molecule has 1 atom stereocenters. The van der Waals surface area contributed by atoms with Crippen molar-refractivity contribution >= 4 is 28.1 Å². The lowest BCUT2D eigenvalue weighted by molar-refractivity contribution is -0.122. The number of nitrogens with one attached hydrogen (secondary N) is 3. The number of hydrogen-bond acceptors (Lipinski definition) is 5. The maximum absolute atomic E-state index is 12.2. The molecule has 0 spiro atoms. The summed E-state index contributed by atoms with van der Waals surface area (Å²) in [5.74, 6) is 0.481. The molecule has 1 fully saturated rings. The molecule has 3 aromatic rings. The number of carbonyl (C=O) groups is 1. The topological polar surface area (TPSA) is 111 Å². The molecule has 0 unspecified atom stereocenters. The van der Waals surface area contributed by atoms with Gasteiger partial charge in [0, 0.05) is 30.7 Å². The summed E-state index contributed by atoms with van der Waals surface area (Å²) in [6.45, 7) is 1.34. The molecule has 9 nitrogen and oxygen atoms in total. The van der Waals surface area contributed by atoms with Crippen LogP contribution in [0.25, 0.3) is 22.1 Å². The molecule has 0 saturated carbocycles. The molecule has 1 aliphatic rings. The second-order valence-corrected chi connectivity index (χ2v) is 7.36. The predicted molar refractivity (Wildman–Crippen MR) is 104 cm³/mol. The lowest BCUT2D eigenvalue weighted by Crippen LogP contribution is -2.51. The van der Waals surface area contributed by atoms with E-state index in [4.69, 9.17) is 0 Å². The third kappa shape index (κ3) is 3.99. The lowest BCUT2D eigenvalue weighted by Gasteiger charge is -2.35. The normalized spacial score (nSPS) is 16.9. The molecule has 0 aliphatic carbocycles. The molecule has 2 amide bonds. The zero-order valence-corrected chi connectivity index (χ0v) is 16.2. The molecule has 4 N–H and O–H groups in total. The van der Waals surface area contributed by atoms with E-state index < -0.39 is 24.9 Å². The fraction of sp³-hybridized carbons (Fsp3) is 0.500. The van der Waals surface area contributed by atoms with E-state index in [0.29, 0.717) is 42.9 Å². The van der Waals surface area contributed by atoms with Crippen molar-refractivity contribution in [1.82, 2.24) is 30.3 Å². The minimum Gasteiger partial charge on any atom is -0.385 e. The number of hydrogen-bond donors (Lipinski definition) is 4. The number of aromatic nitrogens is 4. The van der Waals surface area contributed by atoms with Gasteiger partial charge in [-0.2, -0.15) is 13.2 Å². The number of halogens is 3. The highest BCUT2D eigenvalue weighted by Crippen LogP contribution is 2.28. The van der Waals surface area contributed by atoms with E-state index >= 15 is 0 Å². The Kier molecular flexibility index (Phi) is 5.18. The molecule has 4 rings (SSSR count). The van der Waals surface area contributed by atoms with Crippen LogP contribution in [0, 0.1) is 0 Å². The highest BCUT2D eigenvalue weighted by Gasteiger charge is 2.29. The van der Waals surface area contributed by atoms with Gasteiger partial charge in [0.25, 0.3) is 0 Å². The van der Waals surface area contributed by atoms with Crippen LogP contribution in [0.4, 0.5) is 18.0 Å². The maximum atomic E-state index is 12.2. The number of pyridine rings is 1. The first-order chi connectivity index (χ1) is 14.2. The number of imidazole rings is 1. The molecular weight excluding hydrogens is 403 g/mol. The molecule has 162 valence electrons. The second-order valence-electron chi connectivity index (χ2n) is 7.36. The molecule has 12 heteroatoms. The van der Waals surface area contributed by atoms with Crippen LogP contribution in [-0.4, -0.2) is 62.6 Å². The Bertz CT molecular complexity index is 1050. The van der Waals surface area contributed by atoms with Gasteiger partial charge < -0.3 is 25.7 Å². The third-order valence-electron chi connectivity index (χ3n) is 5.12. The summed E-state index contributed by atoms with van der Waals surface area (Å²) in [6, 6.07) is 0.824. The highest BCUT2D eigenvalue weighted by atomic mass is 19.4. The van der Waals surface area contributed by atoms with Gasteiger partial charge in [0.1, 0.15) is 29.3 Å². The van der Waals surface area contributed by atoms with E-state index in [1.54, 1.807) is 19.3 Å². The Morgan fingerprint density at radius 1 is 1.40 bits per heavy atom. The number of aromatic amines is 1. The van der Waals surface area contributed by atoms with Gasteiger partial charge in [0.05, 0.1) is 6.20 Å². The van der Waals surface area contributed by atoms with Crippen molar-refractivity contribution in [3.63, 3.8) is 0 Å². The number of H-pyrrole nitrogens is 1. The SMILES string of the molecule is C[C@H](O)c1nc2cnc3[nH]ccc3c2n1N1CCC(NC(=O)NCC(F)(F)F)CC1. The van der Waals surface area contributed by atoms with Crippen LogP contribution in [0.15, 0.2) is 18.5 Å². The number of alkyl halides is 3. The average molecular weight is 425 g/mol. The zero-order valence-electron chi connectivity index (χ0n) is 16.2. The smallest absolute Gasteiger partial charge is 0.385 e. The summed E-state index contributed by atoms with van der Waals surface area (Å²) in [6.07, 6.45) is -0.740. The number of carbonyl (C=O) groups excluding carboxylic acids is 1. The van der Waals surface area contributed by atoms with Crippen LogP contribution in [0.1, 0.15) is 31.7 Å². The Hall–Kier alpha value is -3.02. The summed E-state index contributed by atoms with van der Waals surface area (Å²) in [7, 11) is 0. The zero-order chi connectivity index (χ0) is 21.5. The Morgan fingerprint density at radius 3 is 2.80 bits per heavy atom. The summed E-state index contributed by atoms with van der Waals surface area (Å²) in [4.78, 5) is 23.7. The highest BCUT2D eigenvalue weighted by molar-refractivity contribution is 6.01. The van der Waals surface area contributed by atoms with E-state index in [9.17, 15) is 23.1 Å². The van der Waals surface area contributed by atoms with Gasteiger partial charge in [-0.3, -0.25) is 0 Å². The number of nitrogens with zero attached hydrogens (tertiary/aromatic N) is 4. The van der Waals surface area contributed by atoms with E-state index in [0.717, 1.165) is 10.9 Å². The third-order valence-corrected chi connectivity index (χ3v) is 5.12. The summed E-state index contributed by atoms with van der Waals surface area (Å²) in [5.41, 5.74) is 2.19. The molecule has 0 bridgehead atoms. The van der Waals surface area contributed by atoms with Gasteiger partial charge in [0.15, 0.2) is 5.82 Å². The molecular formula is C18H22F3N7O2. The number of aliphatic hydroxyl groups is 1. The Morgan fingerprint density at radius 2 is 2.13 bits per heavy atom. The van der Waals surface area contributed by atoms with Crippen LogP contribution in [0.5, 0.6) is 0 Å². The van der Waals surface area contributed by atoms with E-state index in [1.165, 1.54) is 0 Å². The number of aliphatic hydroxyl groups excluding tert-OH is 1. The number of amides is 2. The Balaban J connectivity index is 1.51. The van der Waals surface area contributed by atoms with Crippen LogP contribution >= 0.6 is 0 Å². The Labute approximate surface area is 169 Å². The molecule has 0 radical (unpaired) electrons. The standard InChI is InChI=1S/C18H22F3N7O2/c1-10(29)16-26-13-8-23-15-12(2-5-22-15)14(13)28(16)27-6-3-11(4-7-27)25-17(30)24-9-18(19,20)21/h2,5,8,10-11,29H,3-4,6-7,9H2,1H3,(H,22,23)(H2,24,25,30)/t10-/m0/s1. The van der Waals surface area contributed by atoms with Crippen molar-refractivity contribution in [2.75, 3.05) is 24.6 Å². The first kappa shape index (κ1) is 20.3. The quantitative estimate of drug-likeness (QED) is 0.511. The first-order valence-electron chi connectivity index (χ1n) is 9.62. The van der Waals surface area contributed by atoms with Gasteiger partial charge in [-0.15, -0.1) is 0 Å². The van der Waals surface area contributed by atoms with Crippen molar-refractivity contribution in [3.05, 3.63) is 24.3 Å². The summed E-state index contributed by atoms with van der Waals surface area (Å²) in [5, 5.41) is 17.6. The van der Waals surface area contributed by atoms with Crippen LogP contribution in [0.2, 0.25) is 0 Å². The molecule has 1 saturated heterocycles. The molecule has 1 aliphatic heterocycles. The van der Waals surface area contributed by atoms with Gasteiger partial charge in [-0.25, -0.2) is 19.4 Å². The minimum atomic E-state index is -4.45. The fourth-order valence-electron chi connectivity index (χ4n) is 3.76.